The summed E-state index contributed by atoms with van der Waals surface area (Å²) < 4.78 is 5.19. The monoisotopic (exact) mass is 255 g/mol. The maximum Gasteiger partial charge on any atom is 0.118 e. The van der Waals surface area contributed by atoms with E-state index in [-0.39, 0.29) is 12.4 Å². The van der Waals surface area contributed by atoms with Gasteiger partial charge in [-0.1, -0.05) is 19.1 Å². The zero-order chi connectivity index (χ0) is 11.4. The maximum absolute atomic E-state index is 5.19. The Labute approximate surface area is 110 Å². The largest absolute Gasteiger partial charge is 0.497 e. The number of benzene rings is 1. The lowest BCUT2D eigenvalue weighted by molar-refractivity contribution is 0.239. The molecule has 0 aliphatic carbocycles. The van der Waals surface area contributed by atoms with Crippen LogP contribution in [0.4, 0.5) is 0 Å². The summed E-state index contributed by atoms with van der Waals surface area (Å²) in [5.74, 6) is 0.944. The van der Waals surface area contributed by atoms with Crippen molar-refractivity contribution in [2.24, 2.45) is 0 Å². The summed E-state index contributed by atoms with van der Waals surface area (Å²) in [6.45, 7) is 4.78. The van der Waals surface area contributed by atoms with Crippen molar-refractivity contribution >= 4 is 12.4 Å². The number of hydrogen-bond acceptors (Lipinski definition) is 2. The lowest BCUT2D eigenvalue weighted by atomic mass is 10.0. The second-order valence-electron chi connectivity index (χ2n) is 4.44. The van der Waals surface area contributed by atoms with Crippen molar-refractivity contribution in [3.8, 4) is 5.75 Å². The molecule has 0 saturated carbocycles. The van der Waals surface area contributed by atoms with E-state index in [0.717, 1.165) is 5.75 Å². The molecule has 3 heteroatoms. The van der Waals surface area contributed by atoms with Gasteiger partial charge in [0.2, 0.25) is 0 Å². The number of rotatable bonds is 4. The van der Waals surface area contributed by atoms with E-state index in [1.54, 1.807) is 7.11 Å². The second-order valence-corrected chi connectivity index (χ2v) is 4.44. The Morgan fingerprint density at radius 3 is 2.24 bits per heavy atom. The first-order valence-corrected chi connectivity index (χ1v) is 6.23. The molecular weight excluding hydrogens is 234 g/mol. The van der Waals surface area contributed by atoms with Crippen LogP contribution in [0, 0.1) is 0 Å². The minimum absolute atomic E-state index is 0. The third kappa shape index (κ3) is 3.36. The SMILES string of the molecule is CCC(c1ccc(OC)cc1)N1CCCC1.Cl. The molecule has 0 spiro atoms. The normalized spacial score (nSPS) is 17.5. The number of methoxy groups -OCH3 is 1. The van der Waals surface area contributed by atoms with Crippen molar-refractivity contribution in [3.05, 3.63) is 29.8 Å². The van der Waals surface area contributed by atoms with Gasteiger partial charge in [-0.05, 0) is 50.0 Å². The molecule has 1 aliphatic heterocycles. The molecule has 1 unspecified atom stereocenters. The Morgan fingerprint density at radius 1 is 1.18 bits per heavy atom. The van der Waals surface area contributed by atoms with Gasteiger partial charge in [-0.25, -0.2) is 0 Å². The zero-order valence-corrected chi connectivity index (χ0v) is 11.5. The van der Waals surface area contributed by atoms with E-state index in [1.807, 2.05) is 0 Å². The molecule has 2 nitrogen and oxygen atoms in total. The average molecular weight is 256 g/mol. The molecule has 0 aromatic heterocycles. The molecule has 1 aromatic carbocycles. The predicted molar refractivity (Wildman–Crippen MR) is 74.1 cm³/mol. The maximum atomic E-state index is 5.19. The smallest absolute Gasteiger partial charge is 0.118 e. The van der Waals surface area contributed by atoms with E-state index >= 15 is 0 Å². The van der Waals surface area contributed by atoms with Gasteiger partial charge in [0.15, 0.2) is 0 Å². The lowest BCUT2D eigenvalue weighted by Gasteiger charge is -2.26. The molecule has 0 radical (unpaired) electrons. The van der Waals surface area contributed by atoms with E-state index < -0.39 is 0 Å². The van der Waals surface area contributed by atoms with Crippen LogP contribution in [0.15, 0.2) is 24.3 Å². The Morgan fingerprint density at radius 2 is 1.76 bits per heavy atom. The van der Waals surface area contributed by atoms with Crippen molar-refractivity contribution in [1.82, 2.24) is 4.90 Å². The molecule has 1 saturated heterocycles. The van der Waals surface area contributed by atoms with Crippen molar-refractivity contribution in [2.75, 3.05) is 20.2 Å². The third-order valence-corrected chi connectivity index (χ3v) is 3.47. The predicted octanol–water partition coefficient (Wildman–Crippen LogP) is 3.66. The summed E-state index contributed by atoms with van der Waals surface area (Å²) in [7, 11) is 1.72. The molecule has 0 amide bonds. The molecule has 2 rings (SSSR count). The lowest BCUT2D eigenvalue weighted by Crippen LogP contribution is -2.24. The first-order chi connectivity index (χ1) is 7.85. The first-order valence-electron chi connectivity index (χ1n) is 6.23. The Bertz CT molecular complexity index is 319. The minimum atomic E-state index is 0. The first kappa shape index (κ1) is 14.3. The summed E-state index contributed by atoms with van der Waals surface area (Å²) in [6.07, 6.45) is 3.89. The highest BCUT2D eigenvalue weighted by atomic mass is 35.5. The van der Waals surface area contributed by atoms with Gasteiger partial charge in [0, 0.05) is 6.04 Å². The van der Waals surface area contributed by atoms with Crippen LogP contribution in [0.1, 0.15) is 37.8 Å². The zero-order valence-electron chi connectivity index (χ0n) is 10.7. The van der Waals surface area contributed by atoms with Gasteiger partial charge >= 0.3 is 0 Å². The number of ether oxygens (including phenoxy) is 1. The molecule has 1 atom stereocenters. The van der Waals surface area contributed by atoms with Crippen LogP contribution in [0.3, 0.4) is 0 Å². The molecule has 1 fully saturated rings. The van der Waals surface area contributed by atoms with Gasteiger partial charge in [-0.2, -0.15) is 0 Å². The molecular formula is C14H22ClNO. The van der Waals surface area contributed by atoms with Crippen molar-refractivity contribution in [3.63, 3.8) is 0 Å². The van der Waals surface area contributed by atoms with Gasteiger partial charge < -0.3 is 4.74 Å². The van der Waals surface area contributed by atoms with E-state index in [0.29, 0.717) is 6.04 Å². The van der Waals surface area contributed by atoms with Gasteiger partial charge in [-0.3, -0.25) is 4.90 Å². The van der Waals surface area contributed by atoms with Crippen LogP contribution >= 0.6 is 12.4 Å². The van der Waals surface area contributed by atoms with Crippen LogP contribution < -0.4 is 4.74 Å². The molecule has 1 aliphatic rings. The summed E-state index contributed by atoms with van der Waals surface area (Å²) in [5, 5.41) is 0. The molecule has 1 aromatic rings. The van der Waals surface area contributed by atoms with E-state index in [4.69, 9.17) is 4.74 Å². The quantitative estimate of drug-likeness (QED) is 0.814. The van der Waals surface area contributed by atoms with Crippen LogP contribution in [-0.4, -0.2) is 25.1 Å². The highest BCUT2D eigenvalue weighted by Gasteiger charge is 2.21. The number of halogens is 1. The fourth-order valence-corrected chi connectivity index (χ4v) is 2.58. The Kier molecular flexibility index (Phi) is 5.79. The number of hydrogen-bond donors (Lipinski definition) is 0. The van der Waals surface area contributed by atoms with Crippen LogP contribution in [-0.2, 0) is 0 Å². The highest BCUT2D eigenvalue weighted by molar-refractivity contribution is 5.85. The van der Waals surface area contributed by atoms with Gasteiger partial charge in [0.25, 0.3) is 0 Å². The molecule has 1 heterocycles. The van der Waals surface area contributed by atoms with Gasteiger partial charge in [0.05, 0.1) is 7.11 Å². The van der Waals surface area contributed by atoms with Crippen LogP contribution in [0.2, 0.25) is 0 Å². The molecule has 96 valence electrons. The van der Waals surface area contributed by atoms with Crippen molar-refractivity contribution < 1.29 is 4.74 Å². The fraction of sp³-hybridized carbons (Fsp3) is 0.571. The average Bonchev–Trinajstić information content (AvgIpc) is 2.85. The third-order valence-electron chi connectivity index (χ3n) is 3.47. The Balaban J connectivity index is 0.00000144. The summed E-state index contributed by atoms with van der Waals surface area (Å²) in [4.78, 5) is 2.60. The summed E-state index contributed by atoms with van der Waals surface area (Å²) in [6, 6.07) is 9.12. The van der Waals surface area contributed by atoms with Crippen LogP contribution in [0.25, 0.3) is 0 Å². The molecule has 17 heavy (non-hydrogen) atoms. The van der Waals surface area contributed by atoms with Crippen LogP contribution in [0.5, 0.6) is 5.75 Å². The standard InChI is InChI=1S/C14H21NO.ClH/c1-3-14(15-10-4-5-11-15)12-6-8-13(16-2)9-7-12;/h6-9,14H,3-5,10-11H2,1-2H3;1H. The van der Waals surface area contributed by atoms with E-state index in [2.05, 4.69) is 36.1 Å². The van der Waals surface area contributed by atoms with E-state index in [1.165, 1.54) is 37.9 Å². The summed E-state index contributed by atoms with van der Waals surface area (Å²) in [5.41, 5.74) is 1.42. The van der Waals surface area contributed by atoms with Gasteiger partial charge in [0.1, 0.15) is 5.75 Å². The Hall–Kier alpha value is -0.730. The second kappa shape index (κ2) is 6.87. The topological polar surface area (TPSA) is 12.5 Å². The summed E-state index contributed by atoms with van der Waals surface area (Å²) >= 11 is 0. The van der Waals surface area contributed by atoms with Gasteiger partial charge in [-0.15, -0.1) is 12.4 Å². The number of nitrogens with zero attached hydrogens (tertiary/aromatic N) is 1. The highest BCUT2D eigenvalue weighted by Crippen LogP contribution is 2.28. The molecule has 0 bridgehead atoms. The molecule has 0 N–H and O–H groups in total. The van der Waals surface area contributed by atoms with Crippen molar-refractivity contribution in [1.29, 1.82) is 0 Å². The minimum Gasteiger partial charge on any atom is -0.497 e. The number of likely N-dealkylation sites (tertiary alicyclic amines) is 1. The van der Waals surface area contributed by atoms with E-state index in [9.17, 15) is 0 Å². The fourth-order valence-electron chi connectivity index (χ4n) is 2.58. The van der Waals surface area contributed by atoms with Crippen molar-refractivity contribution in [2.45, 2.75) is 32.2 Å².